The lowest BCUT2D eigenvalue weighted by Crippen LogP contribution is -2.17. The van der Waals surface area contributed by atoms with Crippen LogP contribution in [0.5, 0.6) is 0 Å². The molecule has 0 saturated carbocycles. The van der Waals surface area contributed by atoms with Crippen LogP contribution in [0.2, 0.25) is 5.02 Å². The molecule has 0 unspecified atom stereocenters. The van der Waals surface area contributed by atoms with E-state index in [0.717, 1.165) is 52.0 Å². The van der Waals surface area contributed by atoms with Crippen molar-refractivity contribution in [2.45, 2.75) is 53.4 Å². The fraction of sp³-hybridized carbons (Fsp3) is 0.455. The van der Waals surface area contributed by atoms with Gasteiger partial charge in [0.25, 0.3) is 0 Å². The van der Waals surface area contributed by atoms with E-state index in [-0.39, 0.29) is 5.41 Å². The van der Waals surface area contributed by atoms with E-state index in [1.165, 1.54) is 0 Å². The van der Waals surface area contributed by atoms with Gasteiger partial charge in [0, 0.05) is 28.6 Å². The number of aromatic nitrogens is 3. The van der Waals surface area contributed by atoms with Gasteiger partial charge in [-0.15, -0.1) is 0 Å². The molecule has 5 heteroatoms. The molecule has 0 amide bonds. The summed E-state index contributed by atoms with van der Waals surface area (Å²) in [4.78, 5) is 5.00. The summed E-state index contributed by atoms with van der Waals surface area (Å²) >= 11 is 6.08. The van der Waals surface area contributed by atoms with Crippen LogP contribution in [0.15, 0.2) is 30.3 Å². The molecule has 0 spiro atoms. The predicted molar refractivity (Wildman–Crippen MR) is 115 cm³/mol. The number of nitrogens with one attached hydrogen (secondary N) is 1. The van der Waals surface area contributed by atoms with Crippen molar-refractivity contribution in [3.8, 4) is 11.1 Å². The van der Waals surface area contributed by atoms with Gasteiger partial charge in [-0.3, -0.25) is 0 Å². The van der Waals surface area contributed by atoms with Crippen molar-refractivity contribution in [2.75, 3.05) is 11.9 Å². The molecule has 0 radical (unpaired) electrons. The fourth-order valence-corrected chi connectivity index (χ4v) is 3.20. The maximum absolute atomic E-state index is 6.08. The first-order valence-corrected chi connectivity index (χ1v) is 9.95. The smallest absolute Gasteiger partial charge is 0.165 e. The summed E-state index contributed by atoms with van der Waals surface area (Å²) in [6.45, 7) is 14.0. The number of fused-ring (bicyclic) bond motifs is 1. The number of nitrogens with zero attached hydrogens (tertiary/aromatic N) is 3. The first-order valence-electron chi connectivity index (χ1n) is 9.57. The SMILES string of the molecule is Cc1nn2c(NCCC(C)C)cc(C(C)(C)C)nc2c1-c1ccc(Cl)cc1. The molecule has 0 bridgehead atoms. The largest absolute Gasteiger partial charge is 0.370 e. The molecule has 0 fully saturated rings. The highest BCUT2D eigenvalue weighted by molar-refractivity contribution is 6.30. The molecular weight excluding hydrogens is 356 g/mol. The van der Waals surface area contributed by atoms with Crippen LogP contribution in [-0.4, -0.2) is 21.1 Å². The number of anilines is 1. The van der Waals surface area contributed by atoms with Crippen molar-refractivity contribution in [3.63, 3.8) is 0 Å². The Morgan fingerprint density at radius 2 is 1.81 bits per heavy atom. The molecular formula is C22H29ClN4. The van der Waals surface area contributed by atoms with E-state index in [9.17, 15) is 0 Å². The number of halogens is 1. The van der Waals surface area contributed by atoms with Crippen molar-refractivity contribution >= 4 is 23.1 Å². The van der Waals surface area contributed by atoms with Gasteiger partial charge in [0.2, 0.25) is 0 Å². The quantitative estimate of drug-likeness (QED) is 0.576. The fourth-order valence-electron chi connectivity index (χ4n) is 3.08. The Bertz CT molecular complexity index is 934. The third kappa shape index (κ3) is 4.27. The molecule has 4 nitrogen and oxygen atoms in total. The molecule has 0 aliphatic heterocycles. The number of aryl methyl sites for hydroxylation is 1. The van der Waals surface area contributed by atoms with E-state index in [0.29, 0.717) is 5.92 Å². The average molecular weight is 385 g/mol. The van der Waals surface area contributed by atoms with E-state index in [2.05, 4.69) is 46.0 Å². The highest BCUT2D eigenvalue weighted by atomic mass is 35.5. The summed E-state index contributed by atoms with van der Waals surface area (Å²) in [5.74, 6) is 1.65. The minimum Gasteiger partial charge on any atom is -0.370 e. The van der Waals surface area contributed by atoms with Crippen LogP contribution in [0.4, 0.5) is 5.82 Å². The first kappa shape index (κ1) is 19.7. The highest BCUT2D eigenvalue weighted by Gasteiger charge is 2.22. The normalized spacial score (nSPS) is 12.1. The van der Waals surface area contributed by atoms with E-state index in [1.54, 1.807) is 0 Å². The number of hydrogen-bond acceptors (Lipinski definition) is 3. The zero-order valence-corrected chi connectivity index (χ0v) is 17.9. The molecule has 1 N–H and O–H groups in total. The Balaban J connectivity index is 2.17. The maximum atomic E-state index is 6.08. The highest BCUT2D eigenvalue weighted by Crippen LogP contribution is 2.32. The average Bonchev–Trinajstić information content (AvgIpc) is 2.91. The first-order chi connectivity index (χ1) is 12.7. The molecule has 27 heavy (non-hydrogen) atoms. The Morgan fingerprint density at radius 3 is 2.41 bits per heavy atom. The Labute approximate surface area is 167 Å². The summed E-state index contributed by atoms with van der Waals surface area (Å²) < 4.78 is 1.94. The van der Waals surface area contributed by atoms with Crippen molar-refractivity contribution in [3.05, 3.63) is 46.7 Å². The number of rotatable bonds is 5. The van der Waals surface area contributed by atoms with Gasteiger partial charge in [-0.25, -0.2) is 4.98 Å². The Kier molecular flexibility index (Phi) is 5.48. The van der Waals surface area contributed by atoms with Crippen molar-refractivity contribution in [2.24, 2.45) is 5.92 Å². The minimum atomic E-state index is -0.0499. The lowest BCUT2D eigenvalue weighted by atomic mass is 9.92. The van der Waals surface area contributed by atoms with Gasteiger partial charge < -0.3 is 5.32 Å². The zero-order chi connectivity index (χ0) is 19.8. The van der Waals surface area contributed by atoms with E-state index in [1.807, 2.05) is 35.7 Å². The second-order valence-electron chi connectivity index (χ2n) is 8.59. The second-order valence-corrected chi connectivity index (χ2v) is 9.03. The van der Waals surface area contributed by atoms with Gasteiger partial charge in [-0.2, -0.15) is 9.61 Å². The topological polar surface area (TPSA) is 42.2 Å². The molecule has 2 aromatic heterocycles. The summed E-state index contributed by atoms with van der Waals surface area (Å²) in [5, 5.41) is 9.09. The third-order valence-corrected chi connectivity index (χ3v) is 4.95. The van der Waals surface area contributed by atoms with E-state index < -0.39 is 0 Å². The molecule has 0 saturated heterocycles. The van der Waals surface area contributed by atoms with Crippen molar-refractivity contribution < 1.29 is 0 Å². The summed E-state index contributed by atoms with van der Waals surface area (Å²) in [6.07, 6.45) is 1.11. The van der Waals surface area contributed by atoms with Crippen LogP contribution >= 0.6 is 11.6 Å². The number of benzene rings is 1. The van der Waals surface area contributed by atoms with Crippen molar-refractivity contribution in [1.82, 2.24) is 14.6 Å². The standard InChI is InChI=1S/C22H29ClN4/c1-14(2)11-12-24-19-13-18(22(4,5)6)25-21-20(15(3)26-27(19)21)16-7-9-17(23)10-8-16/h7-10,13-14,24H,11-12H2,1-6H3. The molecule has 2 heterocycles. The van der Waals surface area contributed by atoms with E-state index in [4.69, 9.17) is 21.7 Å². The van der Waals surface area contributed by atoms with Crippen LogP contribution < -0.4 is 5.32 Å². The van der Waals surface area contributed by atoms with E-state index >= 15 is 0 Å². The molecule has 3 aromatic rings. The zero-order valence-electron chi connectivity index (χ0n) is 17.1. The lowest BCUT2D eigenvalue weighted by molar-refractivity contribution is 0.568. The van der Waals surface area contributed by atoms with Crippen LogP contribution in [0.1, 0.15) is 52.4 Å². The monoisotopic (exact) mass is 384 g/mol. The van der Waals surface area contributed by atoms with Gasteiger partial charge in [0.15, 0.2) is 5.65 Å². The van der Waals surface area contributed by atoms with Gasteiger partial charge in [-0.05, 0) is 37.0 Å². The molecule has 3 rings (SSSR count). The molecule has 144 valence electrons. The van der Waals surface area contributed by atoms with Crippen LogP contribution in [-0.2, 0) is 5.41 Å². The molecule has 1 aromatic carbocycles. The Morgan fingerprint density at radius 1 is 1.15 bits per heavy atom. The predicted octanol–water partition coefficient (Wildman–Crippen LogP) is 6.11. The van der Waals surface area contributed by atoms with Crippen molar-refractivity contribution in [1.29, 1.82) is 0 Å². The number of hydrogen-bond donors (Lipinski definition) is 1. The van der Waals surface area contributed by atoms with Crippen LogP contribution in [0, 0.1) is 12.8 Å². The molecule has 0 aliphatic carbocycles. The second kappa shape index (κ2) is 7.51. The molecule has 0 atom stereocenters. The van der Waals surface area contributed by atoms with Gasteiger partial charge in [0.05, 0.1) is 11.4 Å². The lowest BCUT2D eigenvalue weighted by Gasteiger charge is -2.20. The van der Waals surface area contributed by atoms with Crippen LogP contribution in [0.25, 0.3) is 16.8 Å². The summed E-state index contributed by atoms with van der Waals surface area (Å²) in [5.41, 5.74) is 4.99. The summed E-state index contributed by atoms with van der Waals surface area (Å²) in [6, 6.07) is 10.0. The maximum Gasteiger partial charge on any atom is 0.165 e. The summed E-state index contributed by atoms with van der Waals surface area (Å²) in [7, 11) is 0. The van der Waals surface area contributed by atoms with Gasteiger partial charge in [0.1, 0.15) is 5.82 Å². The van der Waals surface area contributed by atoms with Gasteiger partial charge >= 0.3 is 0 Å². The third-order valence-electron chi connectivity index (χ3n) is 4.69. The van der Waals surface area contributed by atoms with Gasteiger partial charge in [-0.1, -0.05) is 58.4 Å². The molecule has 0 aliphatic rings. The minimum absolute atomic E-state index is 0.0499. The Hall–Kier alpha value is -2.07. The van der Waals surface area contributed by atoms with Crippen LogP contribution in [0.3, 0.4) is 0 Å².